The number of carbonyl (C=O) groups excluding carboxylic acids is 1. The third kappa shape index (κ3) is 9.06. The lowest BCUT2D eigenvalue weighted by atomic mass is 9.86. The molecule has 1 N–H and O–H groups in total. The van der Waals surface area contributed by atoms with Crippen molar-refractivity contribution in [2.24, 2.45) is 16.1 Å². The maximum Gasteiger partial charge on any atom is 0.369 e. The van der Waals surface area contributed by atoms with Gasteiger partial charge in [0.2, 0.25) is 0 Å². The summed E-state index contributed by atoms with van der Waals surface area (Å²) in [5.74, 6) is -0.240. The maximum atomic E-state index is 12.3. The molecule has 0 amide bonds. The number of H-pyrrole nitrogens is 1. The highest BCUT2D eigenvalue weighted by Crippen LogP contribution is 2.41. The number of rotatable bonds is 4. The number of hydrogen-bond acceptors (Lipinski definition) is 8. The number of esters is 1. The molecule has 1 aliphatic heterocycles. The normalized spacial score (nSPS) is 22.2. The van der Waals surface area contributed by atoms with Crippen LogP contribution < -0.4 is 0 Å². The number of carbonyl (C=O) groups is 1. The molecule has 31 heavy (non-hydrogen) atoms. The van der Waals surface area contributed by atoms with E-state index in [4.69, 9.17) is 14.2 Å². The summed E-state index contributed by atoms with van der Waals surface area (Å²) >= 11 is 0. The van der Waals surface area contributed by atoms with Gasteiger partial charge >= 0.3 is 11.9 Å². The number of hydrogen-bond donors (Lipinski definition) is 1. The molecule has 0 unspecified atom stereocenters. The Morgan fingerprint density at radius 1 is 1.10 bits per heavy atom. The molecule has 0 bridgehead atoms. The van der Waals surface area contributed by atoms with E-state index in [9.17, 15) is 4.79 Å². The van der Waals surface area contributed by atoms with Crippen LogP contribution in [0.3, 0.4) is 0 Å². The molecule has 2 heterocycles. The summed E-state index contributed by atoms with van der Waals surface area (Å²) in [6.07, 6.45) is 5.77. The van der Waals surface area contributed by atoms with E-state index in [1.807, 2.05) is 27.7 Å². The monoisotopic (exact) mass is 439 g/mol. The number of unbranched alkanes of at least 4 members (excludes halogenated alkanes) is 1. The molecule has 9 heteroatoms. The van der Waals surface area contributed by atoms with Crippen molar-refractivity contribution in [1.82, 2.24) is 15.2 Å². The molecule has 1 aromatic rings. The van der Waals surface area contributed by atoms with E-state index in [2.05, 4.69) is 46.2 Å². The van der Waals surface area contributed by atoms with Gasteiger partial charge in [-0.1, -0.05) is 61.3 Å². The summed E-state index contributed by atoms with van der Waals surface area (Å²) in [5.41, 5.74) is -0.126. The van der Waals surface area contributed by atoms with Gasteiger partial charge in [-0.15, -0.1) is 15.3 Å². The molecule has 9 nitrogen and oxygen atoms in total. The fraction of sp³-hybridized carbons (Fsp3) is 0.773. The zero-order valence-corrected chi connectivity index (χ0v) is 20.7. The van der Waals surface area contributed by atoms with E-state index >= 15 is 0 Å². The van der Waals surface area contributed by atoms with Crippen molar-refractivity contribution < 1.29 is 19.0 Å². The second-order valence-corrected chi connectivity index (χ2v) is 6.85. The molecule has 1 saturated carbocycles. The lowest BCUT2D eigenvalue weighted by Crippen LogP contribution is -2.45. The van der Waals surface area contributed by atoms with Gasteiger partial charge in [-0.2, -0.15) is 4.98 Å². The number of aromatic amines is 1. The number of methoxy groups -OCH3 is 1. The van der Waals surface area contributed by atoms with Crippen LogP contribution in [0.5, 0.6) is 0 Å². The largest absolute Gasteiger partial charge is 0.467 e. The minimum Gasteiger partial charge on any atom is -0.467 e. The standard InChI is InChI=1S/C14H19N5O4.C4H10.2C2H6/c1-8-4-6-14(7-5-8)22-11(20)10(12(21-3)23-14)17-19-13-15-9(2)16-18-13;1-3-4-2;2*1-2/h8H,4-7H2,1-3H3,(H,15,16,18);3-4H2,1-2H3;2*1-2H3. The number of nitrogens with one attached hydrogen (secondary N) is 1. The van der Waals surface area contributed by atoms with E-state index in [1.165, 1.54) is 20.0 Å². The summed E-state index contributed by atoms with van der Waals surface area (Å²) < 4.78 is 16.5. The van der Waals surface area contributed by atoms with E-state index in [-0.39, 0.29) is 17.6 Å². The summed E-state index contributed by atoms with van der Waals surface area (Å²) in [6.45, 7) is 16.3. The summed E-state index contributed by atoms with van der Waals surface area (Å²) in [7, 11) is 1.42. The Morgan fingerprint density at radius 3 is 2.13 bits per heavy atom. The van der Waals surface area contributed by atoms with Crippen LogP contribution in [0.4, 0.5) is 5.95 Å². The van der Waals surface area contributed by atoms with Crippen LogP contribution in [0.1, 0.15) is 92.8 Å². The van der Waals surface area contributed by atoms with Crippen molar-refractivity contribution in [3.8, 4) is 0 Å². The maximum absolute atomic E-state index is 12.3. The Hall–Kier alpha value is -2.45. The molecular formula is C22H41N5O4. The van der Waals surface area contributed by atoms with Gasteiger partial charge in [-0.3, -0.25) is 5.10 Å². The van der Waals surface area contributed by atoms with Crippen LogP contribution >= 0.6 is 0 Å². The molecule has 1 aromatic heterocycles. The van der Waals surface area contributed by atoms with Crippen LogP contribution in [-0.2, 0) is 19.0 Å². The lowest BCUT2D eigenvalue weighted by Gasteiger charge is -2.40. The van der Waals surface area contributed by atoms with Crippen LogP contribution in [0, 0.1) is 12.8 Å². The van der Waals surface area contributed by atoms with E-state index in [0.29, 0.717) is 24.6 Å². The molecule has 0 aromatic carbocycles. The summed E-state index contributed by atoms with van der Waals surface area (Å²) in [4.78, 5) is 16.3. The first-order valence-corrected chi connectivity index (χ1v) is 11.4. The quantitative estimate of drug-likeness (QED) is 0.432. The predicted octanol–water partition coefficient (Wildman–Crippen LogP) is 6.35. The molecule has 2 aliphatic rings. The van der Waals surface area contributed by atoms with Gasteiger partial charge in [0.25, 0.3) is 17.4 Å². The van der Waals surface area contributed by atoms with Crippen molar-refractivity contribution >= 4 is 11.9 Å². The number of ether oxygens (including phenoxy) is 3. The highest BCUT2D eigenvalue weighted by molar-refractivity contribution is 5.89. The third-order valence-electron chi connectivity index (χ3n) is 4.49. The first kappa shape index (κ1) is 28.5. The average molecular weight is 440 g/mol. The molecule has 1 spiro atoms. The van der Waals surface area contributed by atoms with E-state index in [0.717, 1.165) is 12.8 Å². The van der Waals surface area contributed by atoms with Crippen LogP contribution in [0.25, 0.3) is 0 Å². The first-order valence-electron chi connectivity index (χ1n) is 11.4. The predicted molar refractivity (Wildman–Crippen MR) is 120 cm³/mol. The molecule has 3 rings (SSSR count). The Morgan fingerprint density at radius 2 is 1.68 bits per heavy atom. The Bertz CT molecular complexity index is 690. The highest BCUT2D eigenvalue weighted by Gasteiger charge is 2.46. The van der Waals surface area contributed by atoms with Crippen molar-refractivity contribution in [1.29, 1.82) is 0 Å². The van der Waals surface area contributed by atoms with Gasteiger partial charge in [0.05, 0.1) is 7.11 Å². The van der Waals surface area contributed by atoms with Crippen LogP contribution in [0.2, 0.25) is 0 Å². The minimum absolute atomic E-state index is 0.0202. The minimum atomic E-state index is -0.949. The Labute approximate surface area is 187 Å². The number of aryl methyl sites for hydroxylation is 1. The fourth-order valence-corrected chi connectivity index (χ4v) is 2.64. The van der Waals surface area contributed by atoms with Gasteiger partial charge in [-0.05, 0) is 25.7 Å². The van der Waals surface area contributed by atoms with Gasteiger partial charge in [0.1, 0.15) is 5.82 Å². The van der Waals surface area contributed by atoms with Gasteiger partial charge in [0.15, 0.2) is 0 Å². The highest BCUT2D eigenvalue weighted by atomic mass is 16.8. The van der Waals surface area contributed by atoms with E-state index in [1.54, 1.807) is 6.92 Å². The summed E-state index contributed by atoms with van der Waals surface area (Å²) in [5, 5.41) is 14.1. The zero-order chi connectivity index (χ0) is 23.9. The number of aromatic nitrogens is 3. The van der Waals surface area contributed by atoms with Crippen LogP contribution in [0.15, 0.2) is 21.9 Å². The number of azo groups is 1. The van der Waals surface area contributed by atoms with Crippen molar-refractivity contribution in [2.75, 3.05) is 7.11 Å². The van der Waals surface area contributed by atoms with Gasteiger partial charge in [0, 0.05) is 12.8 Å². The lowest BCUT2D eigenvalue weighted by molar-refractivity contribution is -0.255. The molecule has 1 aliphatic carbocycles. The zero-order valence-electron chi connectivity index (χ0n) is 20.7. The van der Waals surface area contributed by atoms with Gasteiger partial charge < -0.3 is 14.2 Å². The smallest absolute Gasteiger partial charge is 0.369 e. The van der Waals surface area contributed by atoms with Crippen molar-refractivity contribution in [2.45, 2.75) is 99.7 Å². The first-order chi connectivity index (χ1) is 14.9. The SMILES string of the molecule is CC.CC.CCCC.COC1=C(N=Nc2n[nH]c(C)n2)C(=O)OC2(CCC(C)CC2)O1. The molecular weight excluding hydrogens is 398 g/mol. The second-order valence-electron chi connectivity index (χ2n) is 6.85. The van der Waals surface area contributed by atoms with Crippen LogP contribution in [-0.4, -0.2) is 34.0 Å². The molecule has 1 fully saturated rings. The van der Waals surface area contributed by atoms with Gasteiger partial charge in [-0.25, -0.2) is 4.79 Å². The second kappa shape index (κ2) is 15.4. The average Bonchev–Trinajstić information content (AvgIpc) is 3.23. The van der Waals surface area contributed by atoms with Crippen molar-refractivity contribution in [3.05, 3.63) is 17.5 Å². The fourth-order valence-electron chi connectivity index (χ4n) is 2.64. The number of nitrogens with zero attached hydrogens (tertiary/aromatic N) is 4. The molecule has 0 saturated heterocycles. The Kier molecular flexibility index (Phi) is 14.2. The Balaban J connectivity index is 0.000000992. The molecule has 178 valence electrons. The summed E-state index contributed by atoms with van der Waals surface area (Å²) in [6, 6.07) is 0. The topological polar surface area (TPSA) is 111 Å². The molecule has 0 radical (unpaired) electrons. The molecule has 0 atom stereocenters. The van der Waals surface area contributed by atoms with Crippen molar-refractivity contribution in [3.63, 3.8) is 0 Å². The third-order valence-corrected chi connectivity index (χ3v) is 4.49. The van der Waals surface area contributed by atoms with E-state index < -0.39 is 11.8 Å².